The van der Waals surface area contributed by atoms with Gasteiger partial charge < -0.3 is 9.47 Å². The first-order valence-electron chi connectivity index (χ1n) is 6.45. The summed E-state index contributed by atoms with van der Waals surface area (Å²) in [4.78, 5) is 12.4. The monoisotopic (exact) mass is 276 g/mol. The number of hydrogen-bond donors (Lipinski definition) is 0. The highest BCUT2D eigenvalue weighted by molar-refractivity contribution is 6.82. The van der Waals surface area contributed by atoms with Crippen LogP contribution in [0.15, 0.2) is 43.0 Å². The van der Waals surface area contributed by atoms with Crippen molar-refractivity contribution in [2.45, 2.75) is 37.6 Å². The maximum atomic E-state index is 12.4. The average molecular weight is 276 g/mol. The Bertz CT molecular complexity index is 478. The normalized spacial score (nSPS) is 27.1. The van der Waals surface area contributed by atoms with Crippen molar-refractivity contribution >= 4 is 14.0 Å². The number of rotatable bonds is 4. The van der Waals surface area contributed by atoms with Crippen molar-refractivity contribution < 1.29 is 14.3 Å². The van der Waals surface area contributed by atoms with E-state index in [1.165, 1.54) is 0 Å². The van der Waals surface area contributed by atoms with Crippen LogP contribution in [0.1, 0.15) is 18.3 Å². The predicted octanol–water partition coefficient (Wildman–Crippen LogP) is 3.45. The molecule has 1 aliphatic rings. The summed E-state index contributed by atoms with van der Waals surface area (Å²) in [5, 5.41) is -0.824. The predicted molar refractivity (Wildman–Crippen MR) is 77.3 cm³/mol. The van der Waals surface area contributed by atoms with Gasteiger partial charge in [0, 0.05) is 12.0 Å². The first-order valence-corrected chi connectivity index (χ1v) is 9.95. The highest BCUT2D eigenvalue weighted by Gasteiger charge is 2.58. The van der Waals surface area contributed by atoms with Gasteiger partial charge in [0.05, 0.1) is 8.07 Å². The molecule has 1 unspecified atom stereocenters. The van der Waals surface area contributed by atoms with Gasteiger partial charge in [0.1, 0.15) is 0 Å². The topological polar surface area (TPSA) is 35.5 Å². The molecule has 1 aliphatic heterocycles. The van der Waals surface area contributed by atoms with E-state index < -0.39 is 19.6 Å². The lowest BCUT2D eigenvalue weighted by atomic mass is 10.2. The minimum Gasteiger partial charge on any atom is -0.429 e. The molecule has 1 aromatic rings. The SMILES string of the molecule is C=CC[C@@]1([Si](C)(C)C)OC(c2ccccc2)OC1=O. The Morgan fingerprint density at radius 3 is 2.47 bits per heavy atom. The summed E-state index contributed by atoms with van der Waals surface area (Å²) in [5.41, 5.74) is 0.875. The Labute approximate surface area is 115 Å². The van der Waals surface area contributed by atoms with Gasteiger partial charge in [0.2, 0.25) is 6.29 Å². The number of benzene rings is 1. The fraction of sp³-hybridized carbons (Fsp3) is 0.400. The number of ether oxygens (including phenoxy) is 2. The van der Waals surface area contributed by atoms with Crippen LogP contribution in [0.3, 0.4) is 0 Å². The molecule has 0 saturated carbocycles. The van der Waals surface area contributed by atoms with Crippen LogP contribution in [0.5, 0.6) is 0 Å². The third-order valence-electron chi connectivity index (χ3n) is 3.57. The molecule has 4 heteroatoms. The Morgan fingerprint density at radius 1 is 1.32 bits per heavy atom. The molecule has 0 spiro atoms. The smallest absolute Gasteiger partial charge is 0.337 e. The molecule has 0 N–H and O–H groups in total. The molecule has 1 saturated heterocycles. The Kier molecular flexibility index (Phi) is 3.65. The Morgan fingerprint density at radius 2 is 1.95 bits per heavy atom. The summed E-state index contributed by atoms with van der Waals surface area (Å²) in [5.74, 6) is -0.250. The van der Waals surface area contributed by atoms with Crippen molar-refractivity contribution in [1.29, 1.82) is 0 Å². The summed E-state index contributed by atoms with van der Waals surface area (Å²) in [6.45, 7) is 10.1. The number of hydrogen-bond acceptors (Lipinski definition) is 3. The maximum absolute atomic E-state index is 12.4. The molecule has 1 heterocycles. The minimum absolute atomic E-state index is 0.250. The summed E-state index contributed by atoms with van der Waals surface area (Å²) in [7, 11) is -1.90. The molecule has 0 amide bonds. The van der Waals surface area contributed by atoms with E-state index in [2.05, 4.69) is 26.2 Å². The number of carbonyl (C=O) groups is 1. The second kappa shape index (κ2) is 4.94. The van der Waals surface area contributed by atoms with Gasteiger partial charge >= 0.3 is 5.97 Å². The van der Waals surface area contributed by atoms with Crippen molar-refractivity contribution in [1.82, 2.24) is 0 Å². The van der Waals surface area contributed by atoms with Crippen LogP contribution in [-0.4, -0.2) is 19.3 Å². The molecule has 0 radical (unpaired) electrons. The van der Waals surface area contributed by atoms with Crippen LogP contribution >= 0.6 is 0 Å². The van der Waals surface area contributed by atoms with Crippen molar-refractivity contribution in [3.8, 4) is 0 Å². The lowest BCUT2D eigenvalue weighted by Crippen LogP contribution is -2.56. The highest BCUT2D eigenvalue weighted by Crippen LogP contribution is 2.42. The molecule has 2 rings (SSSR count). The Hall–Kier alpha value is -1.39. The van der Waals surface area contributed by atoms with E-state index in [1.807, 2.05) is 30.3 Å². The van der Waals surface area contributed by atoms with E-state index >= 15 is 0 Å². The Balaban J connectivity index is 2.34. The lowest BCUT2D eigenvalue weighted by molar-refractivity contribution is -0.144. The lowest BCUT2D eigenvalue weighted by Gasteiger charge is -2.34. The molecule has 19 heavy (non-hydrogen) atoms. The molecule has 0 aliphatic carbocycles. The molecule has 1 aromatic carbocycles. The van der Waals surface area contributed by atoms with Gasteiger partial charge in [-0.1, -0.05) is 56.0 Å². The summed E-state index contributed by atoms with van der Waals surface area (Å²) in [6, 6.07) is 9.57. The van der Waals surface area contributed by atoms with Crippen LogP contribution < -0.4 is 0 Å². The zero-order valence-corrected chi connectivity index (χ0v) is 12.7. The summed E-state index contributed by atoms with van der Waals surface area (Å²) in [6.07, 6.45) is 1.65. The van der Waals surface area contributed by atoms with E-state index in [0.717, 1.165) is 5.56 Å². The second-order valence-corrected chi connectivity index (χ2v) is 11.1. The first kappa shape index (κ1) is 14.0. The van der Waals surface area contributed by atoms with E-state index in [-0.39, 0.29) is 5.97 Å². The van der Waals surface area contributed by atoms with Gasteiger partial charge in [-0.3, -0.25) is 0 Å². The summed E-state index contributed by atoms with van der Waals surface area (Å²) < 4.78 is 11.5. The fourth-order valence-corrected chi connectivity index (χ4v) is 4.21. The standard InChI is InChI=1S/C15H20O3Si/c1-5-11-15(19(2,3)4)14(16)17-13(18-15)12-9-7-6-8-10-12/h5-10,13H,1,11H2,2-4H3/t13?,15-/m0/s1. The van der Waals surface area contributed by atoms with Gasteiger partial charge in [-0.05, 0) is 0 Å². The van der Waals surface area contributed by atoms with E-state index in [1.54, 1.807) is 6.08 Å². The van der Waals surface area contributed by atoms with Gasteiger partial charge in [0.15, 0.2) is 5.22 Å². The third kappa shape index (κ3) is 2.38. The fourth-order valence-electron chi connectivity index (χ4n) is 2.32. The van der Waals surface area contributed by atoms with Crippen molar-refractivity contribution in [3.63, 3.8) is 0 Å². The van der Waals surface area contributed by atoms with E-state index in [0.29, 0.717) is 6.42 Å². The van der Waals surface area contributed by atoms with E-state index in [9.17, 15) is 4.79 Å². The van der Waals surface area contributed by atoms with Crippen LogP contribution in [0.2, 0.25) is 19.6 Å². The quantitative estimate of drug-likeness (QED) is 0.480. The van der Waals surface area contributed by atoms with Crippen LogP contribution in [-0.2, 0) is 14.3 Å². The number of carbonyl (C=O) groups excluding carboxylic acids is 1. The molecule has 2 atom stereocenters. The molecule has 1 fully saturated rings. The van der Waals surface area contributed by atoms with Crippen molar-refractivity contribution in [2.24, 2.45) is 0 Å². The summed E-state index contributed by atoms with van der Waals surface area (Å²) >= 11 is 0. The van der Waals surface area contributed by atoms with Crippen LogP contribution in [0, 0.1) is 0 Å². The minimum atomic E-state index is -1.90. The number of cyclic esters (lactones) is 1. The molecular formula is C15H20O3Si. The average Bonchev–Trinajstić information content (AvgIpc) is 2.69. The zero-order valence-electron chi connectivity index (χ0n) is 11.7. The second-order valence-electron chi connectivity index (χ2n) is 5.84. The van der Waals surface area contributed by atoms with Crippen molar-refractivity contribution in [2.75, 3.05) is 0 Å². The van der Waals surface area contributed by atoms with Gasteiger partial charge in [0.25, 0.3) is 0 Å². The molecule has 0 aromatic heterocycles. The zero-order chi connectivity index (χ0) is 14.1. The molecular weight excluding hydrogens is 256 g/mol. The molecule has 102 valence electrons. The maximum Gasteiger partial charge on any atom is 0.337 e. The van der Waals surface area contributed by atoms with Gasteiger partial charge in [-0.15, -0.1) is 6.58 Å². The highest BCUT2D eigenvalue weighted by atomic mass is 28.3. The molecule has 3 nitrogen and oxygen atoms in total. The first-order chi connectivity index (χ1) is 8.90. The van der Waals surface area contributed by atoms with Gasteiger partial charge in [-0.25, -0.2) is 4.79 Å². The van der Waals surface area contributed by atoms with E-state index in [4.69, 9.17) is 9.47 Å². The van der Waals surface area contributed by atoms with Crippen molar-refractivity contribution in [3.05, 3.63) is 48.6 Å². The van der Waals surface area contributed by atoms with Crippen LogP contribution in [0.4, 0.5) is 0 Å². The van der Waals surface area contributed by atoms with Gasteiger partial charge in [-0.2, -0.15) is 0 Å². The largest absolute Gasteiger partial charge is 0.429 e. The number of esters is 1. The molecule has 0 bridgehead atoms. The van der Waals surface area contributed by atoms with Crippen LogP contribution in [0.25, 0.3) is 0 Å². The third-order valence-corrected chi connectivity index (χ3v) is 6.52.